The maximum Gasteiger partial charge on any atom is 0.324 e. The topological polar surface area (TPSA) is 83.8 Å². The Kier molecular flexibility index (Phi) is 6.00. The van der Waals surface area contributed by atoms with E-state index in [0.29, 0.717) is 0 Å². The van der Waals surface area contributed by atoms with Crippen LogP contribution in [0.2, 0.25) is 0 Å². The standard InChI is InChI=1S/C9H18O5S/c1-4-14-8(12)9(2,3)15(13)6-7(11)5-10/h7,10-11H,4-6H2,1-3H3. The van der Waals surface area contributed by atoms with Crippen LogP contribution in [-0.4, -0.2) is 50.2 Å². The minimum Gasteiger partial charge on any atom is -0.465 e. The van der Waals surface area contributed by atoms with Crippen molar-refractivity contribution in [3.05, 3.63) is 0 Å². The zero-order valence-corrected chi connectivity index (χ0v) is 10.0. The van der Waals surface area contributed by atoms with Gasteiger partial charge in [0.05, 0.1) is 25.1 Å². The SMILES string of the molecule is CCOC(=O)C(C)(C)S(=O)CC(O)CO. The van der Waals surface area contributed by atoms with Gasteiger partial charge in [0.15, 0.2) is 0 Å². The van der Waals surface area contributed by atoms with Gasteiger partial charge in [-0.05, 0) is 20.8 Å². The molecule has 0 aromatic carbocycles. The van der Waals surface area contributed by atoms with E-state index in [1.54, 1.807) is 6.92 Å². The van der Waals surface area contributed by atoms with Gasteiger partial charge in [-0.25, -0.2) is 0 Å². The van der Waals surface area contributed by atoms with Gasteiger partial charge < -0.3 is 14.9 Å². The van der Waals surface area contributed by atoms with E-state index in [2.05, 4.69) is 0 Å². The number of ether oxygens (including phenoxy) is 1. The smallest absolute Gasteiger partial charge is 0.324 e. The Morgan fingerprint density at radius 3 is 2.47 bits per heavy atom. The van der Waals surface area contributed by atoms with E-state index >= 15 is 0 Å². The number of aliphatic hydroxyl groups is 2. The van der Waals surface area contributed by atoms with Crippen molar-refractivity contribution in [1.82, 2.24) is 0 Å². The molecule has 0 aliphatic heterocycles. The quantitative estimate of drug-likeness (QED) is 0.605. The lowest BCUT2D eigenvalue weighted by Gasteiger charge is -2.22. The summed E-state index contributed by atoms with van der Waals surface area (Å²) in [6.45, 7) is 4.41. The fourth-order valence-corrected chi connectivity index (χ4v) is 1.95. The van der Waals surface area contributed by atoms with Crippen LogP contribution < -0.4 is 0 Å². The second-order valence-corrected chi connectivity index (χ2v) is 5.62. The molecule has 0 aromatic heterocycles. The van der Waals surface area contributed by atoms with Gasteiger partial charge in [0.25, 0.3) is 0 Å². The molecule has 2 unspecified atom stereocenters. The van der Waals surface area contributed by atoms with E-state index in [1.165, 1.54) is 13.8 Å². The third-order valence-corrected chi connectivity index (χ3v) is 3.88. The lowest BCUT2D eigenvalue weighted by Crippen LogP contribution is -2.42. The molecule has 0 heterocycles. The molecule has 0 fully saturated rings. The largest absolute Gasteiger partial charge is 0.465 e. The molecular formula is C9H18O5S. The fraction of sp³-hybridized carbons (Fsp3) is 0.889. The molecular weight excluding hydrogens is 220 g/mol. The minimum absolute atomic E-state index is 0.137. The molecule has 0 spiro atoms. The molecule has 0 aromatic rings. The van der Waals surface area contributed by atoms with Crippen LogP contribution in [0.25, 0.3) is 0 Å². The number of carbonyl (C=O) groups excluding carboxylic acids is 1. The number of aliphatic hydroxyl groups excluding tert-OH is 2. The van der Waals surface area contributed by atoms with E-state index in [1.807, 2.05) is 0 Å². The van der Waals surface area contributed by atoms with E-state index in [0.717, 1.165) is 0 Å². The number of rotatable bonds is 6. The predicted molar refractivity (Wildman–Crippen MR) is 56.8 cm³/mol. The van der Waals surface area contributed by atoms with Crippen LogP contribution in [0.1, 0.15) is 20.8 Å². The average molecular weight is 238 g/mol. The van der Waals surface area contributed by atoms with Crippen molar-refractivity contribution in [3.63, 3.8) is 0 Å². The Labute approximate surface area is 91.9 Å². The molecule has 15 heavy (non-hydrogen) atoms. The summed E-state index contributed by atoms with van der Waals surface area (Å²) in [7, 11) is -1.58. The summed E-state index contributed by atoms with van der Waals surface area (Å²) in [6, 6.07) is 0. The predicted octanol–water partition coefficient (Wildman–Crippen LogP) is -0.570. The Morgan fingerprint density at radius 2 is 2.07 bits per heavy atom. The van der Waals surface area contributed by atoms with Gasteiger partial charge in [0.2, 0.25) is 0 Å². The zero-order chi connectivity index (χ0) is 12.1. The maximum atomic E-state index is 11.7. The molecule has 6 heteroatoms. The van der Waals surface area contributed by atoms with Crippen molar-refractivity contribution in [1.29, 1.82) is 0 Å². The van der Waals surface area contributed by atoms with Crippen molar-refractivity contribution >= 4 is 16.8 Å². The highest BCUT2D eigenvalue weighted by Gasteiger charge is 2.36. The third-order valence-electron chi connectivity index (χ3n) is 1.89. The summed E-state index contributed by atoms with van der Waals surface area (Å²) in [5, 5.41) is 17.7. The molecule has 2 N–H and O–H groups in total. The summed E-state index contributed by atoms with van der Waals surface area (Å²) in [6.07, 6.45) is -1.07. The molecule has 0 radical (unpaired) electrons. The van der Waals surface area contributed by atoms with Gasteiger partial charge in [0.1, 0.15) is 4.75 Å². The molecule has 0 saturated heterocycles. The second kappa shape index (κ2) is 6.19. The molecule has 90 valence electrons. The van der Waals surface area contributed by atoms with Crippen LogP contribution in [0.3, 0.4) is 0 Å². The Bertz CT molecular complexity index is 239. The summed E-state index contributed by atoms with van der Waals surface area (Å²) >= 11 is 0. The van der Waals surface area contributed by atoms with Gasteiger partial charge in [0, 0.05) is 10.8 Å². The van der Waals surface area contributed by atoms with Crippen LogP contribution in [0.15, 0.2) is 0 Å². The van der Waals surface area contributed by atoms with E-state index < -0.39 is 34.2 Å². The summed E-state index contributed by atoms with van der Waals surface area (Å²) in [4.78, 5) is 11.4. The van der Waals surface area contributed by atoms with E-state index in [4.69, 9.17) is 14.9 Å². The summed E-state index contributed by atoms with van der Waals surface area (Å²) in [5.74, 6) is -0.698. The van der Waals surface area contributed by atoms with E-state index in [-0.39, 0.29) is 12.4 Å². The number of esters is 1. The molecule has 5 nitrogen and oxygen atoms in total. The van der Waals surface area contributed by atoms with Crippen LogP contribution in [0.4, 0.5) is 0 Å². The highest BCUT2D eigenvalue weighted by Crippen LogP contribution is 2.16. The molecule has 0 aliphatic carbocycles. The van der Waals surface area contributed by atoms with Gasteiger partial charge >= 0.3 is 5.97 Å². The highest BCUT2D eigenvalue weighted by atomic mass is 32.2. The molecule has 0 amide bonds. The Hall–Kier alpha value is -0.460. The van der Waals surface area contributed by atoms with Crippen molar-refractivity contribution < 1.29 is 24.0 Å². The first kappa shape index (κ1) is 14.5. The minimum atomic E-state index is -1.58. The van der Waals surface area contributed by atoms with Gasteiger partial charge in [-0.2, -0.15) is 0 Å². The fourth-order valence-electron chi connectivity index (χ4n) is 0.834. The first-order chi connectivity index (χ1) is 6.86. The van der Waals surface area contributed by atoms with Crippen LogP contribution in [0, 0.1) is 0 Å². The van der Waals surface area contributed by atoms with Gasteiger partial charge in [-0.3, -0.25) is 9.00 Å². The van der Waals surface area contributed by atoms with Crippen molar-refractivity contribution in [3.8, 4) is 0 Å². The Morgan fingerprint density at radius 1 is 1.53 bits per heavy atom. The third kappa shape index (κ3) is 4.27. The molecule has 2 atom stereocenters. The van der Waals surface area contributed by atoms with Crippen molar-refractivity contribution in [2.45, 2.75) is 31.6 Å². The summed E-state index contributed by atoms with van der Waals surface area (Å²) in [5.41, 5.74) is 0. The first-order valence-electron chi connectivity index (χ1n) is 4.70. The zero-order valence-electron chi connectivity index (χ0n) is 9.23. The van der Waals surface area contributed by atoms with E-state index in [9.17, 15) is 9.00 Å². The average Bonchev–Trinajstić information content (AvgIpc) is 2.17. The van der Waals surface area contributed by atoms with Crippen LogP contribution in [0.5, 0.6) is 0 Å². The van der Waals surface area contributed by atoms with Crippen LogP contribution in [-0.2, 0) is 20.3 Å². The Balaban J connectivity index is 4.44. The van der Waals surface area contributed by atoms with Crippen LogP contribution >= 0.6 is 0 Å². The normalized spacial score (nSPS) is 15.8. The summed E-state index contributed by atoms with van der Waals surface area (Å²) < 4.78 is 15.3. The number of hydrogen-bond acceptors (Lipinski definition) is 5. The first-order valence-corrected chi connectivity index (χ1v) is 6.02. The number of carbonyl (C=O) groups is 1. The lowest BCUT2D eigenvalue weighted by molar-refractivity contribution is -0.145. The van der Waals surface area contributed by atoms with Crippen molar-refractivity contribution in [2.75, 3.05) is 19.0 Å². The maximum absolute atomic E-state index is 11.7. The second-order valence-electron chi connectivity index (χ2n) is 3.58. The van der Waals surface area contributed by atoms with Gasteiger partial charge in [-0.15, -0.1) is 0 Å². The molecule has 0 rings (SSSR count). The molecule has 0 bridgehead atoms. The highest BCUT2D eigenvalue weighted by molar-refractivity contribution is 7.87. The van der Waals surface area contributed by atoms with Crippen molar-refractivity contribution in [2.24, 2.45) is 0 Å². The molecule has 0 aliphatic rings. The molecule has 0 saturated carbocycles. The lowest BCUT2D eigenvalue weighted by atomic mass is 10.2. The number of hydrogen-bond donors (Lipinski definition) is 2. The monoisotopic (exact) mass is 238 g/mol. The van der Waals surface area contributed by atoms with Gasteiger partial charge in [-0.1, -0.05) is 0 Å².